The topological polar surface area (TPSA) is 55.8 Å². The maximum atomic E-state index is 11.0. The molecule has 4 heteroatoms. The molecule has 3 aromatic rings. The first-order valence-electron chi connectivity index (χ1n) is 9.69. The number of benzene rings is 3. The minimum absolute atomic E-state index is 0.0132. The van der Waals surface area contributed by atoms with Crippen LogP contribution in [-0.2, 0) is 11.4 Å². The van der Waals surface area contributed by atoms with Gasteiger partial charge in [0.25, 0.3) is 0 Å². The molecule has 30 heavy (non-hydrogen) atoms. The molecule has 1 atom stereocenters. The van der Waals surface area contributed by atoms with Crippen LogP contribution in [0.15, 0.2) is 72.8 Å². The number of carboxylic acids is 1. The van der Waals surface area contributed by atoms with Gasteiger partial charge in [0.1, 0.15) is 18.1 Å². The molecule has 0 saturated heterocycles. The number of methoxy groups -OCH3 is 1. The quantitative estimate of drug-likeness (QED) is 0.506. The molecule has 0 fully saturated rings. The van der Waals surface area contributed by atoms with Crippen LogP contribution in [0.4, 0.5) is 0 Å². The van der Waals surface area contributed by atoms with E-state index in [0.717, 1.165) is 33.8 Å². The molecule has 0 aliphatic carbocycles. The summed E-state index contributed by atoms with van der Waals surface area (Å²) in [6.07, 6.45) is -0.0132. The second-order valence-corrected chi connectivity index (χ2v) is 6.83. The summed E-state index contributed by atoms with van der Waals surface area (Å²) >= 11 is 0. The molecule has 0 aliphatic rings. The zero-order valence-corrected chi connectivity index (χ0v) is 17.1. The van der Waals surface area contributed by atoms with Gasteiger partial charge in [0.05, 0.1) is 19.4 Å². The first-order valence-corrected chi connectivity index (χ1v) is 9.69. The van der Waals surface area contributed by atoms with E-state index in [-0.39, 0.29) is 12.3 Å². The summed E-state index contributed by atoms with van der Waals surface area (Å²) in [5.41, 5.74) is 4.15. The predicted molar refractivity (Wildman–Crippen MR) is 118 cm³/mol. The van der Waals surface area contributed by atoms with E-state index in [0.29, 0.717) is 6.61 Å². The summed E-state index contributed by atoms with van der Waals surface area (Å²) in [6.45, 7) is 2.16. The average Bonchev–Trinajstić information content (AvgIpc) is 2.78. The zero-order valence-electron chi connectivity index (χ0n) is 17.1. The normalized spacial score (nSPS) is 11.1. The molecule has 0 spiro atoms. The van der Waals surface area contributed by atoms with Gasteiger partial charge in [0, 0.05) is 0 Å². The van der Waals surface area contributed by atoms with Crippen LogP contribution in [0.25, 0.3) is 11.1 Å². The lowest BCUT2D eigenvalue weighted by Gasteiger charge is -2.11. The Morgan fingerprint density at radius 3 is 2.33 bits per heavy atom. The second-order valence-electron chi connectivity index (χ2n) is 6.83. The molecule has 0 bridgehead atoms. The highest BCUT2D eigenvalue weighted by atomic mass is 16.5. The maximum absolute atomic E-state index is 11.0. The van der Waals surface area contributed by atoms with E-state index in [4.69, 9.17) is 14.6 Å². The van der Waals surface area contributed by atoms with Crippen molar-refractivity contribution in [2.75, 3.05) is 7.11 Å². The lowest BCUT2D eigenvalue weighted by atomic mass is 9.96. The highest BCUT2D eigenvalue weighted by molar-refractivity contribution is 5.69. The Balaban J connectivity index is 1.62. The molecule has 0 unspecified atom stereocenters. The number of carboxylic acid groups (broad SMARTS) is 1. The molecule has 4 nitrogen and oxygen atoms in total. The molecule has 152 valence electrons. The third-order valence-corrected chi connectivity index (χ3v) is 4.74. The molecule has 3 aromatic carbocycles. The summed E-state index contributed by atoms with van der Waals surface area (Å²) in [7, 11) is 1.66. The van der Waals surface area contributed by atoms with Crippen molar-refractivity contribution in [3.8, 4) is 34.5 Å². The van der Waals surface area contributed by atoms with Crippen molar-refractivity contribution < 1.29 is 19.4 Å². The van der Waals surface area contributed by atoms with Crippen molar-refractivity contribution in [2.45, 2.75) is 25.9 Å². The van der Waals surface area contributed by atoms with Crippen molar-refractivity contribution in [2.24, 2.45) is 0 Å². The maximum Gasteiger partial charge on any atom is 0.304 e. The van der Waals surface area contributed by atoms with Gasteiger partial charge >= 0.3 is 5.97 Å². The minimum Gasteiger partial charge on any atom is -0.497 e. The molecule has 1 N–H and O–H groups in total. The molecule has 0 radical (unpaired) electrons. The van der Waals surface area contributed by atoms with Crippen molar-refractivity contribution in [1.82, 2.24) is 0 Å². The molecule has 0 heterocycles. The number of carbonyl (C=O) groups is 1. The fourth-order valence-electron chi connectivity index (χ4n) is 3.16. The van der Waals surface area contributed by atoms with E-state index in [2.05, 4.69) is 30.0 Å². The summed E-state index contributed by atoms with van der Waals surface area (Å²) in [4.78, 5) is 11.0. The summed E-state index contributed by atoms with van der Waals surface area (Å²) in [5.74, 6) is 6.15. The molecule has 0 aliphatic heterocycles. The van der Waals surface area contributed by atoms with Crippen LogP contribution in [0, 0.1) is 11.8 Å². The largest absolute Gasteiger partial charge is 0.497 e. The Morgan fingerprint density at radius 1 is 0.967 bits per heavy atom. The van der Waals surface area contributed by atoms with E-state index in [1.54, 1.807) is 14.0 Å². The molecule has 0 amide bonds. The molecule has 0 saturated carbocycles. The van der Waals surface area contributed by atoms with Crippen molar-refractivity contribution in [1.29, 1.82) is 0 Å². The van der Waals surface area contributed by atoms with E-state index >= 15 is 0 Å². The predicted octanol–water partition coefficient (Wildman–Crippen LogP) is 5.52. The number of rotatable bonds is 8. The Bertz CT molecular complexity index is 1040. The van der Waals surface area contributed by atoms with Crippen LogP contribution in [0.2, 0.25) is 0 Å². The SMILES string of the molecule is CC#C[C@@H](CC(=O)O)c1ccc(OCc2ccc(-c3cccc(OC)c3)cc2)cc1. The minimum atomic E-state index is -0.861. The van der Waals surface area contributed by atoms with Crippen LogP contribution >= 0.6 is 0 Å². The van der Waals surface area contributed by atoms with Crippen molar-refractivity contribution >= 4 is 5.97 Å². The first-order chi connectivity index (χ1) is 14.6. The van der Waals surface area contributed by atoms with Gasteiger partial charge in [-0.15, -0.1) is 5.92 Å². The summed E-state index contributed by atoms with van der Waals surface area (Å²) in [5, 5.41) is 9.06. The Hall–Kier alpha value is -3.71. The van der Waals surface area contributed by atoms with Gasteiger partial charge in [-0.1, -0.05) is 54.5 Å². The van der Waals surface area contributed by atoms with Crippen molar-refractivity contribution in [3.63, 3.8) is 0 Å². The third kappa shape index (κ3) is 5.65. The van der Waals surface area contributed by atoms with Gasteiger partial charge in [-0.25, -0.2) is 0 Å². The number of hydrogen-bond acceptors (Lipinski definition) is 3. The zero-order chi connectivity index (χ0) is 21.3. The molecule has 0 aromatic heterocycles. The summed E-state index contributed by atoms with van der Waals surface area (Å²) < 4.78 is 11.2. The van der Waals surface area contributed by atoms with Crippen LogP contribution in [-0.4, -0.2) is 18.2 Å². The molecular formula is C26H24O4. The fourth-order valence-corrected chi connectivity index (χ4v) is 3.16. The number of aliphatic carboxylic acids is 1. The average molecular weight is 400 g/mol. The van der Waals surface area contributed by atoms with Gasteiger partial charge in [-0.3, -0.25) is 4.79 Å². The standard InChI is InChI=1S/C26H24O4/c1-3-5-22(17-26(27)28)21-12-14-24(15-13-21)30-18-19-8-10-20(11-9-19)23-6-4-7-25(16-23)29-2/h4,6-16,22H,17-18H2,1-2H3,(H,27,28)/t22-/m0/s1. The van der Waals surface area contributed by atoms with Crippen LogP contribution in [0.3, 0.4) is 0 Å². The number of ether oxygens (including phenoxy) is 2. The second kappa shape index (κ2) is 10.2. The smallest absolute Gasteiger partial charge is 0.304 e. The highest BCUT2D eigenvalue weighted by Crippen LogP contribution is 2.25. The monoisotopic (exact) mass is 400 g/mol. The van der Waals surface area contributed by atoms with Gasteiger partial charge in [0.15, 0.2) is 0 Å². The lowest BCUT2D eigenvalue weighted by Crippen LogP contribution is -2.04. The van der Waals surface area contributed by atoms with E-state index in [1.807, 2.05) is 54.6 Å². The van der Waals surface area contributed by atoms with Gasteiger partial charge < -0.3 is 14.6 Å². The summed E-state index contributed by atoms with van der Waals surface area (Å²) in [6, 6.07) is 23.6. The molecule has 3 rings (SSSR count). The van der Waals surface area contributed by atoms with Crippen LogP contribution in [0.1, 0.15) is 30.4 Å². The van der Waals surface area contributed by atoms with Crippen LogP contribution < -0.4 is 9.47 Å². The van der Waals surface area contributed by atoms with Crippen molar-refractivity contribution in [3.05, 3.63) is 83.9 Å². The highest BCUT2D eigenvalue weighted by Gasteiger charge is 2.13. The van der Waals surface area contributed by atoms with Gasteiger partial charge in [-0.05, 0) is 53.4 Å². The van der Waals surface area contributed by atoms with E-state index < -0.39 is 5.97 Å². The fraction of sp³-hybridized carbons (Fsp3) is 0.192. The van der Waals surface area contributed by atoms with E-state index in [9.17, 15) is 4.79 Å². The molecular weight excluding hydrogens is 376 g/mol. The van der Waals surface area contributed by atoms with Gasteiger partial charge in [-0.2, -0.15) is 0 Å². The Kier molecular flexibility index (Phi) is 7.13. The number of hydrogen-bond donors (Lipinski definition) is 1. The van der Waals surface area contributed by atoms with E-state index in [1.165, 1.54) is 0 Å². The van der Waals surface area contributed by atoms with Crippen LogP contribution in [0.5, 0.6) is 11.5 Å². The van der Waals surface area contributed by atoms with Gasteiger partial charge in [0.2, 0.25) is 0 Å². The lowest BCUT2D eigenvalue weighted by molar-refractivity contribution is -0.137. The Morgan fingerprint density at radius 2 is 1.70 bits per heavy atom. The third-order valence-electron chi connectivity index (χ3n) is 4.74. The Labute approximate surface area is 177 Å². The first kappa shape index (κ1) is 21.0.